The van der Waals surface area contributed by atoms with E-state index < -0.39 is 12.4 Å². The fourth-order valence-corrected chi connectivity index (χ4v) is 2.54. The standard InChI is InChI=1S/C13H19NO3/c1-16-13(17-2)12(15)10-7-3-5-9-6-4-8-14-11(9)10/h4,6,8,10,12-13,15H,3,5,7H2,1-2H3. The van der Waals surface area contributed by atoms with Crippen LogP contribution in [-0.4, -0.2) is 36.7 Å². The van der Waals surface area contributed by atoms with E-state index in [4.69, 9.17) is 9.47 Å². The van der Waals surface area contributed by atoms with E-state index in [2.05, 4.69) is 11.1 Å². The highest BCUT2D eigenvalue weighted by atomic mass is 16.7. The number of hydrogen-bond acceptors (Lipinski definition) is 4. The van der Waals surface area contributed by atoms with Crippen LogP contribution in [0.2, 0.25) is 0 Å². The smallest absolute Gasteiger partial charge is 0.183 e. The van der Waals surface area contributed by atoms with E-state index in [9.17, 15) is 5.11 Å². The van der Waals surface area contributed by atoms with Crippen LogP contribution in [0.1, 0.15) is 30.0 Å². The quantitative estimate of drug-likeness (QED) is 0.806. The van der Waals surface area contributed by atoms with Crippen molar-refractivity contribution in [2.24, 2.45) is 0 Å². The predicted molar refractivity (Wildman–Crippen MR) is 63.7 cm³/mol. The van der Waals surface area contributed by atoms with Gasteiger partial charge in [-0.1, -0.05) is 6.07 Å². The van der Waals surface area contributed by atoms with E-state index in [-0.39, 0.29) is 5.92 Å². The summed E-state index contributed by atoms with van der Waals surface area (Å²) in [5.41, 5.74) is 2.22. The zero-order chi connectivity index (χ0) is 12.3. The molecular formula is C13H19NO3. The Morgan fingerprint density at radius 3 is 2.88 bits per heavy atom. The largest absolute Gasteiger partial charge is 0.387 e. The zero-order valence-electron chi connectivity index (χ0n) is 10.3. The Kier molecular flexibility index (Phi) is 4.10. The van der Waals surface area contributed by atoms with Crippen LogP contribution in [0.5, 0.6) is 0 Å². The van der Waals surface area contributed by atoms with Crippen LogP contribution in [-0.2, 0) is 15.9 Å². The molecule has 1 aliphatic carbocycles. The molecule has 1 aromatic rings. The third-order valence-corrected chi connectivity index (χ3v) is 3.39. The van der Waals surface area contributed by atoms with Crippen LogP contribution in [0.25, 0.3) is 0 Å². The van der Waals surface area contributed by atoms with Gasteiger partial charge in [0.2, 0.25) is 0 Å². The molecule has 4 heteroatoms. The van der Waals surface area contributed by atoms with Gasteiger partial charge in [0.15, 0.2) is 6.29 Å². The van der Waals surface area contributed by atoms with Gasteiger partial charge in [-0.3, -0.25) is 4.98 Å². The van der Waals surface area contributed by atoms with Gasteiger partial charge in [-0.05, 0) is 30.9 Å². The second kappa shape index (κ2) is 5.58. The van der Waals surface area contributed by atoms with Gasteiger partial charge in [0.25, 0.3) is 0 Å². The zero-order valence-corrected chi connectivity index (χ0v) is 10.3. The molecule has 0 bridgehead atoms. The summed E-state index contributed by atoms with van der Waals surface area (Å²) in [5.74, 6) is 0.00449. The number of aromatic nitrogens is 1. The lowest BCUT2D eigenvalue weighted by Crippen LogP contribution is -2.37. The van der Waals surface area contributed by atoms with Crippen LogP contribution in [0, 0.1) is 0 Å². The second-order valence-electron chi connectivity index (χ2n) is 4.38. The Bertz CT molecular complexity index is 365. The molecule has 1 heterocycles. The van der Waals surface area contributed by atoms with Crippen molar-refractivity contribution < 1.29 is 14.6 Å². The molecule has 0 aromatic carbocycles. The molecule has 2 rings (SSSR count). The first-order chi connectivity index (χ1) is 8.27. The predicted octanol–water partition coefficient (Wildman–Crippen LogP) is 1.48. The van der Waals surface area contributed by atoms with Crippen molar-refractivity contribution in [2.45, 2.75) is 37.6 Å². The average Bonchev–Trinajstić information content (AvgIpc) is 2.39. The molecule has 0 aliphatic heterocycles. The van der Waals surface area contributed by atoms with E-state index in [1.54, 1.807) is 20.4 Å². The maximum absolute atomic E-state index is 10.3. The molecule has 2 atom stereocenters. The number of rotatable bonds is 4. The second-order valence-corrected chi connectivity index (χ2v) is 4.38. The van der Waals surface area contributed by atoms with E-state index in [0.29, 0.717) is 0 Å². The molecule has 4 nitrogen and oxygen atoms in total. The summed E-state index contributed by atoms with van der Waals surface area (Å²) in [7, 11) is 3.08. The minimum Gasteiger partial charge on any atom is -0.387 e. The monoisotopic (exact) mass is 237 g/mol. The van der Waals surface area contributed by atoms with Crippen LogP contribution >= 0.6 is 0 Å². The van der Waals surface area contributed by atoms with Crippen molar-refractivity contribution in [1.29, 1.82) is 0 Å². The van der Waals surface area contributed by atoms with Gasteiger partial charge in [0, 0.05) is 32.0 Å². The number of aliphatic hydroxyl groups is 1. The highest BCUT2D eigenvalue weighted by Crippen LogP contribution is 2.33. The lowest BCUT2D eigenvalue weighted by atomic mass is 9.83. The highest BCUT2D eigenvalue weighted by molar-refractivity contribution is 5.27. The highest BCUT2D eigenvalue weighted by Gasteiger charge is 2.33. The van der Waals surface area contributed by atoms with E-state index in [1.165, 1.54) is 5.56 Å². The number of aryl methyl sites for hydroxylation is 1. The first-order valence-electron chi connectivity index (χ1n) is 5.95. The van der Waals surface area contributed by atoms with Gasteiger partial charge < -0.3 is 14.6 Å². The fraction of sp³-hybridized carbons (Fsp3) is 0.615. The molecule has 1 aliphatic rings. The van der Waals surface area contributed by atoms with Gasteiger partial charge in [-0.15, -0.1) is 0 Å². The molecule has 0 fully saturated rings. The number of fused-ring (bicyclic) bond motifs is 1. The molecule has 1 N–H and O–H groups in total. The van der Waals surface area contributed by atoms with Crippen LogP contribution in [0.15, 0.2) is 18.3 Å². The third kappa shape index (κ3) is 2.49. The van der Waals surface area contributed by atoms with Crippen molar-refractivity contribution in [1.82, 2.24) is 4.98 Å². The lowest BCUT2D eigenvalue weighted by Gasteiger charge is -2.31. The molecule has 0 radical (unpaired) electrons. The number of nitrogens with zero attached hydrogens (tertiary/aromatic N) is 1. The molecule has 0 spiro atoms. The molecule has 1 aromatic heterocycles. The van der Waals surface area contributed by atoms with Crippen molar-refractivity contribution >= 4 is 0 Å². The number of aliphatic hydroxyl groups excluding tert-OH is 1. The van der Waals surface area contributed by atoms with Crippen molar-refractivity contribution in [2.75, 3.05) is 14.2 Å². The molecule has 0 saturated carbocycles. The van der Waals surface area contributed by atoms with Gasteiger partial charge >= 0.3 is 0 Å². The van der Waals surface area contributed by atoms with Gasteiger partial charge in [0.1, 0.15) is 6.10 Å². The number of methoxy groups -OCH3 is 2. The summed E-state index contributed by atoms with van der Waals surface area (Å²) in [5, 5.41) is 10.3. The summed E-state index contributed by atoms with van der Waals surface area (Å²) in [6.07, 6.45) is 3.55. The first-order valence-corrected chi connectivity index (χ1v) is 5.95. The molecule has 17 heavy (non-hydrogen) atoms. The van der Waals surface area contributed by atoms with Gasteiger partial charge in [0.05, 0.1) is 0 Å². The van der Waals surface area contributed by atoms with E-state index in [1.807, 2.05) is 6.07 Å². The summed E-state index contributed by atoms with van der Waals surface area (Å²) in [6.45, 7) is 0. The number of hydrogen-bond donors (Lipinski definition) is 1. The van der Waals surface area contributed by atoms with E-state index in [0.717, 1.165) is 25.0 Å². The minimum atomic E-state index is -0.668. The Labute approximate surface area is 102 Å². The summed E-state index contributed by atoms with van der Waals surface area (Å²) < 4.78 is 10.3. The average molecular weight is 237 g/mol. The maximum Gasteiger partial charge on any atom is 0.183 e. The minimum absolute atomic E-state index is 0.00449. The molecule has 2 unspecified atom stereocenters. The number of ether oxygens (including phenoxy) is 2. The van der Waals surface area contributed by atoms with Crippen molar-refractivity contribution in [3.8, 4) is 0 Å². The lowest BCUT2D eigenvalue weighted by molar-refractivity contribution is -0.171. The first kappa shape index (κ1) is 12.5. The van der Waals surface area contributed by atoms with Gasteiger partial charge in [-0.25, -0.2) is 0 Å². The fourth-order valence-electron chi connectivity index (χ4n) is 2.54. The summed E-state index contributed by atoms with van der Waals surface area (Å²) in [6, 6.07) is 4.02. The summed E-state index contributed by atoms with van der Waals surface area (Å²) >= 11 is 0. The molecule has 0 amide bonds. The van der Waals surface area contributed by atoms with Crippen LogP contribution in [0.4, 0.5) is 0 Å². The Morgan fingerprint density at radius 2 is 2.18 bits per heavy atom. The van der Waals surface area contributed by atoms with Crippen LogP contribution in [0.3, 0.4) is 0 Å². The topological polar surface area (TPSA) is 51.6 Å². The SMILES string of the molecule is COC(OC)C(O)C1CCCc2cccnc21. The maximum atomic E-state index is 10.3. The molecule has 0 saturated heterocycles. The molecular weight excluding hydrogens is 218 g/mol. The molecule has 94 valence electrons. The number of pyridine rings is 1. The third-order valence-electron chi connectivity index (χ3n) is 3.39. The van der Waals surface area contributed by atoms with Crippen molar-refractivity contribution in [3.63, 3.8) is 0 Å². The normalized spacial score (nSPS) is 21.3. The Balaban J connectivity index is 2.23. The van der Waals surface area contributed by atoms with E-state index >= 15 is 0 Å². The van der Waals surface area contributed by atoms with Gasteiger partial charge in [-0.2, -0.15) is 0 Å². The summed E-state index contributed by atoms with van der Waals surface area (Å²) in [4.78, 5) is 4.40. The Morgan fingerprint density at radius 1 is 1.41 bits per heavy atom. The Hall–Kier alpha value is -0.970. The van der Waals surface area contributed by atoms with Crippen molar-refractivity contribution in [3.05, 3.63) is 29.6 Å². The van der Waals surface area contributed by atoms with Crippen LogP contribution < -0.4 is 0 Å².